The number of nitrogens with two attached hydrogens (primary N) is 1. The van der Waals surface area contributed by atoms with E-state index in [1.165, 1.54) is 12.1 Å². The Morgan fingerprint density at radius 2 is 2.25 bits per heavy atom. The van der Waals surface area contributed by atoms with Crippen LogP contribution in [0.15, 0.2) is 18.2 Å². The molecule has 0 bridgehead atoms. The van der Waals surface area contributed by atoms with E-state index in [0.717, 1.165) is 0 Å². The third-order valence-electron chi connectivity index (χ3n) is 1.40. The Bertz CT molecular complexity index is 261. The van der Waals surface area contributed by atoms with Gasteiger partial charge in [-0.15, -0.1) is 0 Å². The fraction of sp³-hybridized carbons (Fsp3) is 0.222. The molecule has 0 aromatic heterocycles. The topological polar surface area (TPSA) is 55.5 Å². The Morgan fingerprint density at radius 3 is 2.92 bits per heavy atom. The van der Waals surface area contributed by atoms with Crippen molar-refractivity contribution in [2.75, 3.05) is 12.3 Å². The van der Waals surface area contributed by atoms with Gasteiger partial charge in [-0.05, 0) is 25.5 Å². The number of rotatable bonds is 3. The van der Waals surface area contributed by atoms with Crippen LogP contribution in [0.1, 0.15) is 6.42 Å². The molecule has 0 spiro atoms. The summed E-state index contributed by atoms with van der Waals surface area (Å²) in [6.07, 6.45) is 0.676. The van der Waals surface area contributed by atoms with E-state index in [2.05, 4.69) is 6.92 Å². The van der Waals surface area contributed by atoms with Crippen LogP contribution in [0.5, 0.6) is 11.5 Å². The molecule has 12 heavy (non-hydrogen) atoms. The van der Waals surface area contributed by atoms with Crippen molar-refractivity contribution >= 4 is 5.69 Å². The predicted octanol–water partition coefficient (Wildman–Crippen LogP) is 1.58. The van der Waals surface area contributed by atoms with E-state index in [0.29, 0.717) is 24.5 Å². The monoisotopic (exact) mass is 166 g/mol. The zero-order chi connectivity index (χ0) is 8.97. The molecule has 0 saturated carbocycles. The molecule has 0 fully saturated rings. The molecule has 3 N–H and O–H groups in total. The van der Waals surface area contributed by atoms with Gasteiger partial charge in [0.1, 0.15) is 11.5 Å². The molecule has 0 unspecified atom stereocenters. The lowest BCUT2D eigenvalue weighted by molar-refractivity contribution is 0.324. The largest absolute Gasteiger partial charge is 0.508 e. The van der Waals surface area contributed by atoms with E-state index < -0.39 is 0 Å². The third-order valence-corrected chi connectivity index (χ3v) is 1.40. The SMILES string of the molecule is [CH2]CCOc1cc(O)ccc1N. The normalized spacial score (nSPS) is 9.75. The summed E-state index contributed by atoms with van der Waals surface area (Å²) in [6, 6.07) is 4.62. The second-order valence-corrected chi connectivity index (χ2v) is 2.42. The Kier molecular flexibility index (Phi) is 2.80. The van der Waals surface area contributed by atoms with Crippen LogP contribution in [-0.2, 0) is 0 Å². The van der Waals surface area contributed by atoms with Crippen molar-refractivity contribution in [2.24, 2.45) is 0 Å². The van der Waals surface area contributed by atoms with Crippen molar-refractivity contribution in [1.82, 2.24) is 0 Å². The number of ether oxygens (including phenoxy) is 1. The molecule has 0 amide bonds. The molecule has 1 rings (SSSR count). The first-order chi connectivity index (χ1) is 5.74. The fourth-order valence-corrected chi connectivity index (χ4v) is 0.830. The van der Waals surface area contributed by atoms with E-state index in [9.17, 15) is 0 Å². The van der Waals surface area contributed by atoms with Gasteiger partial charge in [0.05, 0.1) is 12.3 Å². The first-order valence-corrected chi connectivity index (χ1v) is 3.74. The van der Waals surface area contributed by atoms with Gasteiger partial charge in [0.2, 0.25) is 0 Å². The number of phenolic OH excluding ortho intramolecular Hbond substituents is 1. The number of hydrogen-bond acceptors (Lipinski definition) is 3. The minimum absolute atomic E-state index is 0.156. The highest BCUT2D eigenvalue weighted by molar-refractivity contribution is 5.55. The average molecular weight is 166 g/mol. The van der Waals surface area contributed by atoms with Crippen LogP contribution in [-0.4, -0.2) is 11.7 Å². The maximum absolute atomic E-state index is 9.09. The molecule has 0 aliphatic rings. The lowest BCUT2D eigenvalue weighted by atomic mass is 10.3. The van der Waals surface area contributed by atoms with Crippen molar-refractivity contribution < 1.29 is 9.84 Å². The van der Waals surface area contributed by atoms with Crippen LogP contribution in [0.2, 0.25) is 0 Å². The molecular formula is C9H12NO2. The summed E-state index contributed by atoms with van der Waals surface area (Å²) in [5, 5.41) is 9.09. The smallest absolute Gasteiger partial charge is 0.145 e. The average Bonchev–Trinajstić information content (AvgIpc) is 2.07. The molecule has 1 aromatic carbocycles. The van der Waals surface area contributed by atoms with Crippen molar-refractivity contribution in [2.45, 2.75) is 6.42 Å². The third kappa shape index (κ3) is 2.05. The van der Waals surface area contributed by atoms with Gasteiger partial charge in [-0.25, -0.2) is 0 Å². The fourth-order valence-electron chi connectivity index (χ4n) is 0.830. The van der Waals surface area contributed by atoms with Crippen molar-refractivity contribution in [3.63, 3.8) is 0 Å². The molecule has 3 nitrogen and oxygen atoms in total. The highest BCUT2D eigenvalue weighted by atomic mass is 16.5. The van der Waals surface area contributed by atoms with E-state index in [1.807, 2.05) is 0 Å². The van der Waals surface area contributed by atoms with Gasteiger partial charge in [0, 0.05) is 6.07 Å². The minimum atomic E-state index is 0.156. The van der Waals surface area contributed by atoms with Crippen LogP contribution in [0.3, 0.4) is 0 Å². The second kappa shape index (κ2) is 3.85. The quantitative estimate of drug-likeness (QED) is 0.529. The van der Waals surface area contributed by atoms with Gasteiger partial charge in [0.25, 0.3) is 0 Å². The maximum Gasteiger partial charge on any atom is 0.145 e. The first-order valence-electron chi connectivity index (χ1n) is 3.74. The summed E-state index contributed by atoms with van der Waals surface area (Å²) in [4.78, 5) is 0. The van der Waals surface area contributed by atoms with E-state index in [-0.39, 0.29) is 5.75 Å². The van der Waals surface area contributed by atoms with Crippen LogP contribution in [0, 0.1) is 6.92 Å². The summed E-state index contributed by atoms with van der Waals surface area (Å²) in [5.74, 6) is 0.668. The van der Waals surface area contributed by atoms with E-state index in [1.54, 1.807) is 6.07 Å². The predicted molar refractivity (Wildman–Crippen MR) is 48.0 cm³/mol. The highest BCUT2D eigenvalue weighted by Gasteiger charge is 1.99. The lowest BCUT2D eigenvalue weighted by Crippen LogP contribution is -1.98. The number of nitrogen functional groups attached to an aromatic ring is 1. The van der Waals surface area contributed by atoms with Gasteiger partial charge in [0.15, 0.2) is 0 Å². The van der Waals surface area contributed by atoms with Gasteiger partial charge in [-0.1, -0.05) is 0 Å². The number of anilines is 1. The molecule has 1 radical (unpaired) electrons. The summed E-state index contributed by atoms with van der Waals surface area (Å²) < 4.78 is 5.22. The molecule has 0 aliphatic heterocycles. The summed E-state index contributed by atoms with van der Waals surface area (Å²) >= 11 is 0. The Labute approximate surface area is 71.8 Å². The van der Waals surface area contributed by atoms with Crippen LogP contribution in [0.4, 0.5) is 5.69 Å². The molecule has 1 aromatic rings. The lowest BCUT2D eigenvalue weighted by Gasteiger charge is -2.07. The Morgan fingerprint density at radius 1 is 1.50 bits per heavy atom. The Hall–Kier alpha value is -1.38. The standard InChI is InChI=1S/C9H12NO2/c1-2-5-12-9-6-7(11)3-4-8(9)10/h3-4,6,11H,1-2,5,10H2. The first kappa shape index (κ1) is 8.71. The zero-order valence-electron chi connectivity index (χ0n) is 6.79. The van der Waals surface area contributed by atoms with Gasteiger partial charge in [-0.3, -0.25) is 0 Å². The number of phenols is 1. The number of hydrogen-bond donors (Lipinski definition) is 2. The van der Waals surface area contributed by atoms with E-state index in [4.69, 9.17) is 15.6 Å². The molecule has 65 valence electrons. The van der Waals surface area contributed by atoms with Crippen molar-refractivity contribution in [1.29, 1.82) is 0 Å². The molecular weight excluding hydrogens is 154 g/mol. The van der Waals surface area contributed by atoms with Crippen molar-refractivity contribution in [3.8, 4) is 11.5 Å². The van der Waals surface area contributed by atoms with Crippen molar-refractivity contribution in [3.05, 3.63) is 25.1 Å². The summed E-state index contributed by atoms with van der Waals surface area (Å²) in [5.41, 5.74) is 6.10. The number of aromatic hydroxyl groups is 1. The molecule has 0 saturated heterocycles. The van der Waals surface area contributed by atoms with Gasteiger partial charge < -0.3 is 15.6 Å². The van der Waals surface area contributed by atoms with Crippen LogP contribution < -0.4 is 10.5 Å². The molecule has 0 atom stereocenters. The second-order valence-electron chi connectivity index (χ2n) is 2.42. The minimum Gasteiger partial charge on any atom is -0.508 e. The van der Waals surface area contributed by atoms with Gasteiger partial charge in [-0.2, -0.15) is 0 Å². The summed E-state index contributed by atoms with van der Waals surface area (Å²) in [7, 11) is 0. The molecule has 0 aliphatic carbocycles. The maximum atomic E-state index is 9.09. The van der Waals surface area contributed by atoms with Crippen LogP contribution >= 0.6 is 0 Å². The van der Waals surface area contributed by atoms with Gasteiger partial charge >= 0.3 is 0 Å². The zero-order valence-corrected chi connectivity index (χ0v) is 6.79. The molecule has 3 heteroatoms. The number of benzene rings is 1. The molecule has 0 heterocycles. The van der Waals surface area contributed by atoms with Crippen LogP contribution in [0.25, 0.3) is 0 Å². The van der Waals surface area contributed by atoms with E-state index >= 15 is 0 Å². The highest BCUT2D eigenvalue weighted by Crippen LogP contribution is 2.25. The summed E-state index contributed by atoms with van der Waals surface area (Å²) in [6.45, 7) is 4.13. The Balaban J connectivity index is 2.75.